The summed E-state index contributed by atoms with van der Waals surface area (Å²) >= 11 is 0. The molecule has 0 aromatic carbocycles. The first-order chi connectivity index (χ1) is 11.8. The largest absolute Gasteiger partial charge is 0.380 e. The van der Waals surface area contributed by atoms with Crippen molar-refractivity contribution in [3.05, 3.63) is 30.1 Å². The molecule has 3 aliphatic heterocycles. The van der Waals surface area contributed by atoms with Crippen molar-refractivity contribution < 1.29 is 9.53 Å². The molecule has 1 aromatic rings. The van der Waals surface area contributed by atoms with Crippen LogP contribution in [0.15, 0.2) is 24.4 Å². The van der Waals surface area contributed by atoms with E-state index in [1.54, 1.807) is 0 Å². The van der Waals surface area contributed by atoms with Crippen LogP contribution in [0.1, 0.15) is 18.5 Å². The number of likely N-dealkylation sites (tertiary alicyclic amines) is 2. The average molecular weight is 330 g/mol. The van der Waals surface area contributed by atoms with Crippen molar-refractivity contribution >= 4 is 6.03 Å². The minimum Gasteiger partial charge on any atom is -0.380 e. The Morgan fingerprint density at radius 2 is 2.25 bits per heavy atom. The maximum atomic E-state index is 12.3. The van der Waals surface area contributed by atoms with E-state index in [9.17, 15) is 4.79 Å². The highest BCUT2D eigenvalue weighted by atomic mass is 16.5. The normalized spacial score (nSPS) is 29.8. The molecule has 0 radical (unpaired) electrons. The number of urea groups is 1. The lowest BCUT2D eigenvalue weighted by atomic mass is 9.81. The van der Waals surface area contributed by atoms with Gasteiger partial charge in [0.15, 0.2) is 0 Å². The average Bonchev–Trinajstić information content (AvgIpc) is 3.29. The lowest BCUT2D eigenvalue weighted by Crippen LogP contribution is -2.47. The maximum absolute atomic E-state index is 12.3. The Morgan fingerprint density at radius 1 is 1.38 bits per heavy atom. The molecule has 0 unspecified atom stereocenters. The summed E-state index contributed by atoms with van der Waals surface area (Å²) in [6, 6.07) is 6.15. The predicted molar refractivity (Wildman–Crippen MR) is 90.5 cm³/mol. The Balaban J connectivity index is 1.36. The number of nitrogens with zero attached hydrogens (tertiary/aromatic N) is 3. The monoisotopic (exact) mass is 330 g/mol. The van der Waals surface area contributed by atoms with Gasteiger partial charge in [-0.05, 0) is 25.0 Å². The fraction of sp³-hybridized carbons (Fsp3) is 0.667. The summed E-state index contributed by atoms with van der Waals surface area (Å²) in [5.41, 5.74) is 1.17. The molecule has 0 spiro atoms. The number of carbonyl (C=O) groups excluding carboxylic acids is 1. The second-order valence-electron chi connectivity index (χ2n) is 7.42. The number of rotatable bonds is 4. The van der Waals surface area contributed by atoms with Crippen LogP contribution in [-0.2, 0) is 11.3 Å². The molecule has 1 aromatic heterocycles. The number of aromatic nitrogens is 1. The van der Waals surface area contributed by atoms with Crippen LogP contribution >= 0.6 is 0 Å². The fourth-order valence-electron chi connectivity index (χ4n) is 4.32. The van der Waals surface area contributed by atoms with Crippen molar-refractivity contribution in [2.45, 2.75) is 19.4 Å². The lowest BCUT2D eigenvalue weighted by molar-refractivity contribution is 0.124. The third kappa shape index (κ3) is 3.13. The molecule has 3 saturated heterocycles. The number of amides is 2. The Bertz CT molecular complexity index is 576. The summed E-state index contributed by atoms with van der Waals surface area (Å²) in [5.74, 6) is 0.500. The SMILES string of the molecule is O=C(NC[C@]12COC[C@H]1CN(Cc1ccccn1)C2)N1CCCC1. The second kappa shape index (κ2) is 6.69. The number of hydrogen-bond donors (Lipinski definition) is 1. The Hall–Kier alpha value is -1.66. The van der Waals surface area contributed by atoms with Gasteiger partial charge in [-0.1, -0.05) is 6.07 Å². The summed E-state index contributed by atoms with van der Waals surface area (Å²) < 4.78 is 5.76. The van der Waals surface area contributed by atoms with Crippen LogP contribution in [0, 0.1) is 11.3 Å². The molecule has 2 atom stereocenters. The third-order valence-corrected chi connectivity index (χ3v) is 5.69. The number of nitrogens with one attached hydrogen (secondary N) is 1. The predicted octanol–water partition coefficient (Wildman–Crippen LogP) is 1.34. The molecular weight excluding hydrogens is 304 g/mol. The zero-order valence-corrected chi connectivity index (χ0v) is 14.1. The molecule has 3 aliphatic rings. The minimum atomic E-state index is 0.0597. The maximum Gasteiger partial charge on any atom is 0.317 e. The first-order valence-electron chi connectivity index (χ1n) is 8.98. The minimum absolute atomic E-state index is 0.0597. The van der Waals surface area contributed by atoms with Crippen LogP contribution in [-0.4, -0.2) is 66.8 Å². The second-order valence-corrected chi connectivity index (χ2v) is 7.42. The van der Waals surface area contributed by atoms with Crippen molar-refractivity contribution in [3.63, 3.8) is 0 Å². The van der Waals surface area contributed by atoms with Crippen LogP contribution in [0.5, 0.6) is 0 Å². The van der Waals surface area contributed by atoms with E-state index in [1.807, 2.05) is 23.2 Å². The van der Waals surface area contributed by atoms with Crippen LogP contribution in [0.4, 0.5) is 4.79 Å². The fourth-order valence-corrected chi connectivity index (χ4v) is 4.32. The van der Waals surface area contributed by atoms with Gasteiger partial charge in [0, 0.05) is 56.8 Å². The molecule has 130 valence electrons. The van der Waals surface area contributed by atoms with E-state index in [-0.39, 0.29) is 11.4 Å². The van der Waals surface area contributed by atoms with Gasteiger partial charge in [-0.2, -0.15) is 0 Å². The molecule has 4 rings (SSSR count). The van der Waals surface area contributed by atoms with Gasteiger partial charge in [0.2, 0.25) is 0 Å². The molecule has 3 fully saturated rings. The highest BCUT2D eigenvalue weighted by Crippen LogP contribution is 2.41. The zero-order chi connectivity index (χ0) is 16.4. The third-order valence-electron chi connectivity index (χ3n) is 5.69. The Labute approximate surface area is 143 Å². The number of carbonyl (C=O) groups is 1. The lowest BCUT2D eigenvalue weighted by Gasteiger charge is -2.29. The molecule has 2 amide bonds. The van der Waals surface area contributed by atoms with Crippen LogP contribution in [0.3, 0.4) is 0 Å². The standard InChI is InChI=1S/C18H26N4O2/c23-17(22-7-3-4-8-22)20-12-18-13-21(9-15(18)11-24-14-18)10-16-5-1-2-6-19-16/h1-2,5-6,15H,3-4,7-14H2,(H,20,23)/t15-,18+/m1/s1. The van der Waals surface area contributed by atoms with Crippen LogP contribution in [0.2, 0.25) is 0 Å². The molecule has 0 saturated carbocycles. The summed E-state index contributed by atoms with van der Waals surface area (Å²) in [4.78, 5) is 21.1. The highest BCUT2D eigenvalue weighted by molar-refractivity contribution is 5.74. The zero-order valence-electron chi connectivity index (χ0n) is 14.1. The molecular formula is C18H26N4O2. The number of ether oxygens (including phenoxy) is 1. The first-order valence-corrected chi connectivity index (χ1v) is 8.98. The summed E-state index contributed by atoms with van der Waals surface area (Å²) in [6.07, 6.45) is 4.10. The van der Waals surface area contributed by atoms with E-state index in [2.05, 4.69) is 21.3 Å². The molecule has 4 heterocycles. The smallest absolute Gasteiger partial charge is 0.317 e. The van der Waals surface area contributed by atoms with Crippen molar-refractivity contribution in [1.29, 1.82) is 0 Å². The van der Waals surface area contributed by atoms with Crippen molar-refractivity contribution in [1.82, 2.24) is 20.1 Å². The van der Waals surface area contributed by atoms with Crippen molar-refractivity contribution in [2.75, 3.05) is 45.9 Å². The molecule has 6 heteroatoms. The summed E-state index contributed by atoms with van der Waals surface area (Å²) in [5, 5.41) is 3.18. The number of fused-ring (bicyclic) bond motifs is 1. The van der Waals surface area contributed by atoms with Gasteiger partial charge in [-0.3, -0.25) is 9.88 Å². The molecule has 6 nitrogen and oxygen atoms in total. The molecule has 24 heavy (non-hydrogen) atoms. The Morgan fingerprint density at radius 3 is 3.04 bits per heavy atom. The Kier molecular flexibility index (Phi) is 4.41. The van der Waals surface area contributed by atoms with Crippen molar-refractivity contribution in [3.8, 4) is 0 Å². The van der Waals surface area contributed by atoms with Gasteiger partial charge in [-0.25, -0.2) is 4.79 Å². The van der Waals surface area contributed by atoms with Gasteiger partial charge < -0.3 is 15.0 Å². The van der Waals surface area contributed by atoms with Gasteiger partial charge in [-0.15, -0.1) is 0 Å². The summed E-state index contributed by atoms with van der Waals surface area (Å²) in [7, 11) is 0. The molecule has 1 N–H and O–H groups in total. The molecule has 0 bridgehead atoms. The van der Waals surface area contributed by atoms with E-state index in [0.29, 0.717) is 12.5 Å². The van der Waals surface area contributed by atoms with Crippen molar-refractivity contribution in [2.24, 2.45) is 11.3 Å². The van der Waals surface area contributed by atoms with Gasteiger partial charge in [0.1, 0.15) is 0 Å². The van der Waals surface area contributed by atoms with Crippen LogP contribution < -0.4 is 5.32 Å². The van der Waals surface area contributed by atoms with E-state index in [0.717, 1.165) is 64.5 Å². The summed E-state index contributed by atoms with van der Waals surface area (Å²) in [6.45, 7) is 6.92. The highest BCUT2D eigenvalue weighted by Gasteiger charge is 2.50. The van der Waals surface area contributed by atoms with E-state index >= 15 is 0 Å². The van der Waals surface area contributed by atoms with Gasteiger partial charge in [0.25, 0.3) is 0 Å². The number of hydrogen-bond acceptors (Lipinski definition) is 4. The van der Waals surface area contributed by atoms with E-state index in [4.69, 9.17) is 4.74 Å². The van der Waals surface area contributed by atoms with E-state index < -0.39 is 0 Å². The van der Waals surface area contributed by atoms with E-state index in [1.165, 1.54) is 0 Å². The van der Waals surface area contributed by atoms with Gasteiger partial charge >= 0.3 is 6.03 Å². The quantitative estimate of drug-likeness (QED) is 0.905. The molecule has 0 aliphatic carbocycles. The van der Waals surface area contributed by atoms with Crippen LogP contribution in [0.25, 0.3) is 0 Å². The first kappa shape index (κ1) is 15.8. The van der Waals surface area contributed by atoms with Gasteiger partial charge in [0.05, 0.1) is 18.9 Å². The topological polar surface area (TPSA) is 57.7 Å². The number of pyridine rings is 1.